The minimum atomic E-state index is -0.426. The molecule has 0 saturated carbocycles. The number of benzene rings is 1. The van der Waals surface area contributed by atoms with Crippen LogP contribution in [0.1, 0.15) is 32.8 Å². The van der Waals surface area contributed by atoms with Gasteiger partial charge in [0.1, 0.15) is 0 Å². The Labute approximate surface area is 150 Å². The summed E-state index contributed by atoms with van der Waals surface area (Å²) in [6.07, 6.45) is 0.375. The van der Waals surface area contributed by atoms with E-state index >= 15 is 0 Å². The molecule has 4 nitrogen and oxygen atoms in total. The molecule has 128 valence electrons. The number of hydrogen-bond donors (Lipinski definition) is 1. The van der Waals surface area contributed by atoms with Crippen LogP contribution >= 0.6 is 27.7 Å². The van der Waals surface area contributed by atoms with E-state index in [1.54, 1.807) is 0 Å². The first-order chi connectivity index (χ1) is 10.8. The number of methoxy groups -OCH3 is 1. The van der Waals surface area contributed by atoms with Crippen molar-refractivity contribution in [1.29, 1.82) is 0 Å². The van der Waals surface area contributed by atoms with Gasteiger partial charge in [0.25, 0.3) is 0 Å². The van der Waals surface area contributed by atoms with Gasteiger partial charge >= 0.3 is 5.97 Å². The van der Waals surface area contributed by atoms with Crippen LogP contribution in [0.5, 0.6) is 0 Å². The molecule has 1 amide bonds. The van der Waals surface area contributed by atoms with Gasteiger partial charge in [-0.1, -0.05) is 41.9 Å². The van der Waals surface area contributed by atoms with Crippen LogP contribution in [0.3, 0.4) is 0 Å². The largest absolute Gasteiger partial charge is 0.468 e. The smallest absolute Gasteiger partial charge is 0.315 e. The van der Waals surface area contributed by atoms with E-state index in [0.717, 1.165) is 10.0 Å². The van der Waals surface area contributed by atoms with Crippen LogP contribution in [-0.2, 0) is 19.9 Å². The van der Waals surface area contributed by atoms with Crippen LogP contribution in [0, 0.1) is 5.92 Å². The summed E-state index contributed by atoms with van der Waals surface area (Å²) in [5, 5.41) is 3.15. The Morgan fingerprint density at radius 2 is 1.91 bits per heavy atom. The summed E-state index contributed by atoms with van der Waals surface area (Å²) < 4.78 is 5.58. The van der Waals surface area contributed by atoms with Crippen molar-refractivity contribution in [2.24, 2.45) is 5.92 Å². The fraction of sp³-hybridized carbons (Fsp3) is 0.529. The number of amides is 1. The highest BCUT2D eigenvalue weighted by Crippen LogP contribution is 2.30. The van der Waals surface area contributed by atoms with Crippen molar-refractivity contribution in [2.45, 2.75) is 32.7 Å². The monoisotopic (exact) mass is 401 g/mol. The van der Waals surface area contributed by atoms with Crippen LogP contribution in [-0.4, -0.2) is 30.5 Å². The fourth-order valence-corrected chi connectivity index (χ4v) is 3.10. The third-order valence-electron chi connectivity index (χ3n) is 3.92. The molecule has 0 heterocycles. The number of carbonyl (C=O) groups is 2. The van der Waals surface area contributed by atoms with Gasteiger partial charge in [-0.15, -0.1) is 11.8 Å². The van der Waals surface area contributed by atoms with Gasteiger partial charge in [0.15, 0.2) is 0 Å². The number of carbonyl (C=O) groups excluding carboxylic acids is 2. The number of thioether (sulfide) groups is 1. The molecule has 1 N–H and O–H groups in total. The van der Waals surface area contributed by atoms with E-state index in [0.29, 0.717) is 12.2 Å². The third kappa shape index (κ3) is 6.18. The van der Waals surface area contributed by atoms with Crippen molar-refractivity contribution in [1.82, 2.24) is 5.32 Å². The Hall–Kier alpha value is -1.01. The standard InChI is InChI=1S/C17H24BrNO3S/c1-12(2)17(3,13-5-7-14(18)8-6-13)19-15(20)9-10-23-11-16(21)22-4/h5-8,12H,9-11H2,1-4H3,(H,19,20)/t17-/m0/s1. The molecule has 0 bridgehead atoms. The molecule has 1 atom stereocenters. The molecule has 0 aromatic heterocycles. The molecule has 0 aliphatic rings. The molecule has 0 aliphatic heterocycles. The minimum absolute atomic E-state index is 0.0125. The molecule has 0 aliphatic carbocycles. The van der Waals surface area contributed by atoms with Crippen LogP contribution in [0.4, 0.5) is 0 Å². The Balaban J connectivity index is 2.63. The number of nitrogens with one attached hydrogen (secondary N) is 1. The SMILES string of the molecule is COC(=O)CSCCC(=O)N[C@](C)(c1ccc(Br)cc1)C(C)C. The van der Waals surface area contributed by atoms with Gasteiger partial charge < -0.3 is 10.1 Å². The van der Waals surface area contributed by atoms with Crippen LogP contribution in [0.15, 0.2) is 28.7 Å². The van der Waals surface area contributed by atoms with E-state index in [1.807, 2.05) is 31.2 Å². The average molecular weight is 402 g/mol. The third-order valence-corrected chi connectivity index (χ3v) is 5.38. The van der Waals surface area contributed by atoms with E-state index in [9.17, 15) is 9.59 Å². The highest BCUT2D eigenvalue weighted by Gasteiger charge is 2.31. The first-order valence-electron chi connectivity index (χ1n) is 7.51. The molecule has 0 saturated heterocycles. The first-order valence-corrected chi connectivity index (χ1v) is 9.46. The number of ether oxygens (including phenoxy) is 1. The molecule has 1 aromatic rings. The van der Waals surface area contributed by atoms with E-state index in [-0.39, 0.29) is 23.5 Å². The Bertz CT molecular complexity index is 533. The highest BCUT2D eigenvalue weighted by molar-refractivity contribution is 9.10. The van der Waals surface area contributed by atoms with Crippen molar-refractivity contribution in [3.05, 3.63) is 34.3 Å². The van der Waals surface area contributed by atoms with E-state index < -0.39 is 5.54 Å². The predicted octanol–water partition coefficient (Wildman–Crippen LogP) is 3.73. The quantitative estimate of drug-likeness (QED) is 0.532. The molecule has 6 heteroatoms. The number of halogens is 1. The fourth-order valence-electron chi connectivity index (χ4n) is 2.08. The Morgan fingerprint density at radius 1 is 1.30 bits per heavy atom. The summed E-state index contributed by atoms with van der Waals surface area (Å²) in [4.78, 5) is 23.3. The molecule has 1 aromatic carbocycles. The zero-order valence-corrected chi connectivity index (χ0v) is 16.4. The maximum absolute atomic E-state index is 12.3. The second-order valence-electron chi connectivity index (χ2n) is 5.79. The summed E-state index contributed by atoms with van der Waals surface area (Å²) in [5.41, 5.74) is 0.649. The van der Waals surface area contributed by atoms with Gasteiger partial charge in [-0.2, -0.15) is 0 Å². The highest BCUT2D eigenvalue weighted by atomic mass is 79.9. The molecule has 1 rings (SSSR count). The predicted molar refractivity (Wildman–Crippen MR) is 98.4 cm³/mol. The molecule has 0 spiro atoms. The second-order valence-corrected chi connectivity index (χ2v) is 7.81. The van der Waals surface area contributed by atoms with Crippen molar-refractivity contribution in [3.8, 4) is 0 Å². The van der Waals surface area contributed by atoms with Crippen LogP contribution < -0.4 is 5.32 Å². The van der Waals surface area contributed by atoms with E-state index in [4.69, 9.17) is 0 Å². The van der Waals surface area contributed by atoms with Gasteiger partial charge in [-0.25, -0.2) is 0 Å². The molecule has 23 heavy (non-hydrogen) atoms. The van der Waals surface area contributed by atoms with E-state index in [2.05, 4.69) is 39.8 Å². The van der Waals surface area contributed by atoms with Gasteiger partial charge in [0.05, 0.1) is 18.4 Å². The average Bonchev–Trinajstić information content (AvgIpc) is 2.51. The molecule has 0 fully saturated rings. The van der Waals surface area contributed by atoms with Crippen molar-refractivity contribution < 1.29 is 14.3 Å². The molecular weight excluding hydrogens is 378 g/mol. The summed E-state index contributed by atoms with van der Waals surface area (Å²) >= 11 is 4.84. The topological polar surface area (TPSA) is 55.4 Å². The zero-order valence-electron chi connectivity index (χ0n) is 14.0. The minimum Gasteiger partial charge on any atom is -0.468 e. The van der Waals surface area contributed by atoms with Gasteiger partial charge in [0.2, 0.25) is 5.91 Å². The maximum Gasteiger partial charge on any atom is 0.315 e. The maximum atomic E-state index is 12.3. The van der Waals surface area contributed by atoms with E-state index in [1.165, 1.54) is 18.9 Å². The van der Waals surface area contributed by atoms with Gasteiger partial charge in [-0.3, -0.25) is 9.59 Å². The summed E-state index contributed by atoms with van der Waals surface area (Å²) in [6, 6.07) is 8.01. The lowest BCUT2D eigenvalue weighted by atomic mass is 9.81. The Morgan fingerprint density at radius 3 is 2.43 bits per heavy atom. The molecular formula is C17H24BrNO3S. The lowest BCUT2D eigenvalue weighted by Gasteiger charge is -2.35. The zero-order chi connectivity index (χ0) is 17.5. The second kappa shape index (κ2) is 9.33. The summed E-state index contributed by atoms with van der Waals surface area (Å²) in [5.74, 6) is 0.835. The number of esters is 1. The number of hydrogen-bond acceptors (Lipinski definition) is 4. The van der Waals surface area contributed by atoms with Crippen molar-refractivity contribution in [2.75, 3.05) is 18.6 Å². The van der Waals surface area contributed by atoms with Crippen LogP contribution in [0.2, 0.25) is 0 Å². The Kier molecular flexibility index (Phi) is 8.12. The number of rotatable bonds is 8. The van der Waals surface area contributed by atoms with Gasteiger partial charge in [0, 0.05) is 16.6 Å². The summed E-state index contributed by atoms with van der Waals surface area (Å²) in [6.45, 7) is 6.23. The van der Waals surface area contributed by atoms with Gasteiger partial charge in [-0.05, 0) is 30.5 Å². The summed E-state index contributed by atoms with van der Waals surface area (Å²) in [7, 11) is 1.36. The lowest BCUT2D eigenvalue weighted by molar-refractivity contribution is -0.137. The lowest BCUT2D eigenvalue weighted by Crippen LogP contribution is -2.47. The molecule has 0 radical (unpaired) electrons. The molecule has 0 unspecified atom stereocenters. The normalized spacial score (nSPS) is 13.5. The van der Waals surface area contributed by atoms with Crippen LogP contribution in [0.25, 0.3) is 0 Å². The first kappa shape index (κ1) is 20.0. The van der Waals surface area contributed by atoms with Crippen molar-refractivity contribution >= 4 is 39.6 Å². The van der Waals surface area contributed by atoms with Crippen molar-refractivity contribution in [3.63, 3.8) is 0 Å².